The minimum Gasteiger partial charge on any atom is -0.233 e. The van der Waals surface area contributed by atoms with Crippen molar-refractivity contribution in [1.82, 2.24) is 4.98 Å². The number of hydrogen-bond acceptors (Lipinski definition) is 2. The molecule has 0 atom stereocenters. The Bertz CT molecular complexity index is 568. The van der Waals surface area contributed by atoms with E-state index < -0.39 is 0 Å². The average Bonchev–Trinajstić information content (AvgIpc) is 2.65. The highest BCUT2D eigenvalue weighted by atomic mass is 32.1. The van der Waals surface area contributed by atoms with Gasteiger partial charge in [-0.3, -0.25) is 0 Å². The maximum absolute atomic E-state index is 4.16. The summed E-state index contributed by atoms with van der Waals surface area (Å²) >= 11 is 1.58. The van der Waals surface area contributed by atoms with Crippen LogP contribution in [-0.4, -0.2) is 4.98 Å². The van der Waals surface area contributed by atoms with Crippen LogP contribution in [-0.2, 0) is 0 Å². The van der Waals surface area contributed by atoms with E-state index in [1.54, 1.807) is 11.3 Å². The van der Waals surface area contributed by atoms with Crippen LogP contribution in [0.15, 0.2) is 36.4 Å². The van der Waals surface area contributed by atoms with Crippen molar-refractivity contribution in [3.05, 3.63) is 41.9 Å². The van der Waals surface area contributed by atoms with Crippen molar-refractivity contribution in [2.24, 2.45) is 0 Å². The first kappa shape index (κ1) is 7.04. The molecule has 3 rings (SSSR count). The minimum absolute atomic E-state index is 1.05. The van der Waals surface area contributed by atoms with Crippen LogP contribution in [0.1, 0.15) is 0 Å². The number of nitrogens with zero attached hydrogens (tertiary/aromatic N) is 1. The van der Waals surface area contributed by atoms with Gasteiger partial charge in [0.05, 0.1) is 10.2 Å². The fourth-order valence-electron chi connectivity index (χ4n) is 1.54. The van der Waals surface area contributed by atoms with Gasteiger partial charge < -0.3 is 0 Å². The molecule has 0 saturated heterocycles. The summed E-state index contributed by atoms with van der Waals surface area (Å²) in [4.78, 5) is 4.16. The van der Waals surface area contributed by atoms with E-state index in [0.717, 1.165) is 5.52 Å². The van der Waals surface area contributed by atoms with Crippen molar-refractivity contribution >= 4 is 32.3 Å². The molecule has 1 aromatic heterocycles. The van der Waals surface area contributed by atoms with E-state index >= 15 is 0 Å². The van der Waals surface area contributed by atoms with Gasteiger partial charge >= 0.3 is 0 Å². The molecule has 2 aromatic carbocycles. The van der Waals surface area contributed by atoms with Crippen molar-refractivity contribution in [2.75, 3.05) is 0 Å². The first-order valence-corrected chi connectivity index (χ1v) is 4.91. The highest BCUT2D eigenvalue weighted by molar-refractivity contribution is 7.17. The molecule has 61 valence electrons. The summed E-state index contributed by atoms with van der Waals surface area (Å²) < 4.78 is 1.23. The van der Waals surface area contributed by atoms with Crippen LogP contribution in [0.5, 0.6) is 0 Å². The summed E-state index contributed by atoms with van der Waals surface area (Å²) in [6.45, 7) is 0. The summed E-state index contributed by atoms with van der Waals surface area (Å²) in [5.74, 6) is 0. The third-order valence-corrected chi connectivity index (χ3v) is 2.99. The molecule has 0 bridgehead atoms. The third kappa shape index (κ3) is 0.956. The Hall–Kier alpha value is -1.41. The molecule has 0 N–H and O–H groups in total. The van der Waals surface area contributed by atoms with Gasteiger partial charge in [0, 0.05) is 5.39 Å². The standard InChI is InChI=1S/C11H6NS/c1-2-4-9-8(3-1)5-6-10-11(9)13-7-12-10/h1-6H. The maximum atomic E-state index is 4.16. The number of aromatic nitrogens is 1. The topological polar surface area (TPSA) is 12.9 Å². The summed E-state index contributed by atoms with van der Waals surface area (Å²) in [5, 5.41) is 2.55. The quantitative estimate of drug-likeness (QED) is 0.522. The van der Waals surface area contributed by atoms with Crippen LogP contribution in [0, 0.1) is 5.51 Å². The molecule has 1 heterocycles. The van der Waals surface area contributed by atoms with Crippen molar-refractivity contribution < 1.29 is 0 Å². The lowest BCUT2D eigenvalue weighted by atomic mass is 10.1. The van der Waals surface area contributed by atoms with E-state index in [2.05, 4.69) is 40.8 Å². The second-order valence-corrected chi connectivity index (χ2v) is 3.74. The zero-order valence-corrected chi connectivity index (χ0v) is 7.64. The summed E-state index contributed by atoms with van der Waals surface area (Å²) in [6.07, 6.45) is 0. The first-order valence-electron chi connectivity index (χ1n) is 4.09. The molecular weight excluding hydrogens is 178 g/mol. The van der Waals surface area contributed by atoms with Crippen LogP contribution in [0.2, 0.25) is 0 Å². The highest BCUT2D eigenvalue weighted by Crippen LogP contribution is 2.26. The zero-order chi connectivity index (χ0) is 8.67. The van der Waals surface area contributed by atoms with Gasteiger partial charge in [-0.2, -0.15) is 0 Å². The van der Waals surface area contributed by atoms with Gasteiger partial charge in [0.25, 0.3) is 0 Å². The smallest absolute Gasteiger partial charge is 0.153 e. The van der Waals surface area contributed by atoms with Gasteiger partial charge in [-0.1, -0.05) is 30.3 Å². The van der Waals surface area contributed by atoms with Gasteiger partial charge in [0.1, 0.15) is 0 Å². The molecule has 0 aliphatic heterocycles. The van der Waals surface area contributed by atoms with Gasteiger partial charge in [0.15, 0.2) is 5.51 Å². The third-order valence-electron chi connectivity index (χ3n) is 2.17. The van der Waals surface area contributed by atoms with Crippen LogP contribution >= 0.6 is 11.3 Å². The average molecular weight is 184 g/mol. The normalized spacial score (nSPS) is 11.1. The van der Waals surface area contributed by atoms with Gasteiger partial charge in [-0.05, 0) is 11.5 Å². The predicted molar refractivity (Wildman–Crippen MR) is 56.0 cm³/mol. The fourth-order valence-corrected chi connectivity index (χ4v) is 2.29. The van der Waals surface area contributed by atoms with Crippen LogP contribution < -0.4 is 0 Å². The summed E-state index contributed by atoms with van der Waals surface area (Å²) in [5.41, 5.74) is 3.97. The van der Waals surface area contributed by atoms with Crippen LogP contribution in [0.3, 0.4) is 0 Å². The Morgan fingerprint density at radius 2 is 2.00 bits per heavy atom. The Balaban J connectivity index is 2.65. The number of rotatable bonds is 0. The SMILES string of the molecule is [c]1nc2ccc3ccccc3c2s1. The van der Waals surface area contributed by atoms with E-state index in [-0.39, 0.29) is 0 Å². The molecule has 1 nitrogen and oxygen atoms in total. The molecule has 1 radical (unpaired) electrons. The summed E-state index contributed by atoms with van der Waals surface area (Å²) in [6, 6.07) is 12.5. The van der Waals surface area contributed by atoms with E-state index in [0.29, 0.717) is 0 Å². The second kappa shape index (κ2) is 2.54. The van der Waals surface area contributed by atoms with Crippen LogP contribution in [0.4, 0.5) is 0 Å². The Labute approximate surface area is 79.7 Å². The molecule has 0 unspecified atom stereocenters. The molecule has 0 aliphatic carbocycles. The Morgan fingerprint density at radius 3 is 3.00 bits per heavy atom. The second-order valence-electron chi connectivity index (χ2n) is 2.94. The highest BCUT2D eigenvalue weighted by Gasteiger charge is 2.00. The maximum Gasteiger partial charge on any atom is 0.153 e. The lowest BCUT2D eigenvalue weighted by Crippen LogP contribution is -1.72. The number of benzene rings is 2. The predicted octanol–water partition coefficient (Wildman–Crippen LogP) is 3.25. The molecule has 3 aromatic rings. The van der Waals surface area contributed by atoms with E-state index in [9.17, 15) is 0 Å². The van der Waals surface area contributed by atoms with Gasteiger partial charge in [-0.15, -0.1) is 11.3 Å². The molecular formula is C11H6NS. The lowest BCUT2D eigenvalue weighted by molar-refractivity contribution is 1.49. The molecule has 2 heteroatoms. The molecule has 13 heavy (non-hydrogen) atoms. The molecule has 0 spiro atoms. The first-order chi connectivity index (χ1) is 6.45. The number of hydrogen-bond donors (Lipinski definition) is 0. The van der Waals surface area contributed by atoms with Crippen molar-refractivity contribution in [1.29, 1.82) is 0 Å². The van der Waals surface area contributed by atoms with Gasteiger partial charge in [0.2, 0.25) is 0 Å². The van der Waals surface area contributed by atoms with Crippen LogP contribution in [0.25, 0.3) is 21.0 Å². The molecule has 0 aliphatic rings. The number of thiazole rings is 1. The van der Waals surface area contributed by atoms with E-state index in [1.807, 2.05) is 6.07 Å². The monoisotopic (exact) mass is 184 g/mol. The largest absolute Gasteiger partial charge is 0.233 e. The van der Waals surface area contributed by atoms with Crippen molar-refractivity contribution in [3.8, 4) is 0 Å². The Kier molecular flexibility index (Phi) is 1.37. The fraction of sp³-hybridized carbons (Fsp3) is 0. The number of fused-ring (bicyclic) bond motifs is 3. The molecule has 0 amide bonds. The Morgan fingerprint density at radius 1 is 1.08 bits per heavy atom. The van der Waals surface area contributed by atoms with E-state index in [1.165, 1.54) is 15.5 Å². The molecule has 0 saturated carbocycles. The molecule has 0 fully saturated rings. The zero-order valence-electron chi connectivity index (χ0n) is 6.82. The summed E-state index contributed by atoms with van der Waals surface area (Å²) in [7, 11) is 0. The minimum atomic E-state index is 1.05. The van der Waals surface area contributed by atoms with Crippen molar-refractivity contribution in [3.63, 3.8) is 0 Å². The van der Waals surface area contributed by atoms with E-state index in [4.69, 9.17) is 0 Å². The van der Waals surface area contributed by atoms with Gasteiger partial charge in [-0.25, -0.2) is 4.98 Å². The van der Waals surface area contributed by atoms with Crippen molar-refractivity contribution in [2.45, 2.75) is 0 Å². The lowest BCUT2D eigenvalue weighted by Gasteiger charge is -1.96.